The number of aryl methyl sites for hydroxylation is 1. The minimum absolute atomic E-state index is 0.792. The van der Waals surface area contributed by atoms with Crippen LogP contribution in [0.3, 0.4) is 0 Å². The van der Waals surface area contributed by atoms with E-state index in [1.807, 2.05) is 13.0 Å². The number of hydrogen-bond donors (Lipinski definition) is 0. The van der Waals surface area contributed by atoms with Crippen molar-refractivity contribution in [2.75, 3.05) is 11.4 Å². The Morgan fingerprint density at radius 3 is 2.95 bits per heavy atom. The molecular formula is C13H13N5S. The summed E-state index contributed by atoms with van der Waals surface area (Å²) in [5.41, 5.74) is 1.07. The highest BCUT2D eigenvalue weighted by Crippen LogP contribution is 2.30. The third-order valence-corrected chi connectivity index (χ3v) is 4.59. The minimum atomic E-state index is 0.792. The normalized spacial score (nSPS) is 14.9. The molecule has 0 fully saturated rings. The van der Waals surface area contributed by atoms with E-state index in [1.54, 1.807) is 11.3 Å². The predicted octanol–water partition coefficient (Wildman–Crippen LogP) is 2.22. The van der Waals surface area contributed by atoms with Crippen molar-refractivity contribution in [3.8, 4) is 0 Å². The minimum Gasteiger partial charge on any atom is -0.339 e. The molecule has 6 heteroatoms. The summed E-state index contributed by atoms with van der Waals surface area (Å²) in [6.07, 6.45) is 0. The summed E-state index contributed by atoms with van der Waals surface area (Å²) in [6, 6.07) is 8.27. The van der Waals surface area contributed by atoms with E-state index in [-0.39, 0.29) is 0 Å². The zero-order valence-electron chi connectivity index (χ0n) is 10.6. The van der Waals surface area contributed by atoms with Crippen molar-refractivity contribution in [3.63, 3.8) is 0 Å². The van der Waals surface area contributed by atoms with E-state index in [4.69, 9.17) is 4.98 Å². The molecule has 0 aliphatic carbocycles. The zero-order valence-corrected chi connectivity index (χ0v) is 11.4. The number of rotatable bonds is 1. The number of aromatic nitrogens is 4. The maximum atomic E-state index is 4.70. The average molecular weight is 271 g/mol. The molecule has 0 saturated heterocycles. The smallest absolute Gasteiger partial charge is 0.186 e. The van der Waals surface area contributed by atoms with E-state index in [9.17, 15) is 0 Å². The van der Waals surface area contributed by atoms with Crippen LogP contribution < -0.4 is 4.90 Å². The van der Waals surface area contributed by atoms with Crippen molar-refractivity contribution >= 4 is 26.7 Å². The molecule has 0 radical (unpaired) electrons. The summed E-state index contributed by atoms with van der Waals surface area (Å²) >= 11 is 1.74. The number of nitrogens with zero attached hydrogens (tertiary/aromatic N) is 5. The molecule has 0 atom stereocenters. The Morgan fingerprint density at radius 1 is 1.16 bits per heavy atom. The summed E-state index contributed by atoms with van der Waals surface area (Å²) in [7, 11) is 0. The fraction of sp³-hybridized carbons (Fsp3) is 0.308. The van der Waals surface area contributed by atoms with Gasteiger partial charge in [0.25, 0.3) is 0 Å². The summed E-state index contributed by atoms with van der Waals surface area (Å²) in [5.74, 6) is 2.03. The number of hydrogen-bond acceptors (Lipinski definition) is 5. The molecule has 1 aliphatic rings. The number of fused-ring (bicyclic) bond motifs is 2. The van der Waals surface area contributed by atoms with Gasteiger partial charge >= 0.3 is 0 Å². The van der Waals surface area contributed by atoms with E-state index in [0.717, 1.165) is 41.9 Å². The molecule has 0 amide bonds. The van der Waals surface area contributed by atoms with Gasteiger partial charge in [-0.05, 0) is 19.1 Å². The maximum absolute atomic E-state index is 4.70. The SMILES string of the molecule is Cc1nnc2n1CCN(c1nc3ccccc3s1)C2. The van der Waals surface area contributed by atoms with Gasteiger partial charge in [0.05, 0.1) is 16.8 Å². The van der Waals surface area contributed by atoms with Crippen molar-refractivity contribution in [3.05, 3.63) is 35.9 Å². The summed E-state index contributed by atoms with van der Waals surface area (Å²) < 4.78 is 3.42. The van der Waals surface area contributed by atoms with Crippen LogP contribution in [-0.2, 0) is 13.1 Å². The van der Waals surface area contributed by atoms with Crippen molar-refractivity contribution < 1.29 is 0 Å². The molecule has 5 nitrogen and oxygen atoms in total. The van der Waals surface area contributed by atoms with Crippen LogP contribution in [-0.4, -0.2) is 26.3 Å². The molecule has 0 N–H and O–H groups in total. The molecule has 1 aliphatic heterocycles. The highest BCUT2D eigenvalue weighted by atomic mass is 32.1. The van der Waals surface area contributed by atoms with Crippen LogP contribution in [0.4, 0.5) is 5.13 Å². The molecule has 0 bridgehead atoms. The molecule has 2 aromatic heterocycles. The lowest BCUT2D eigenvalue weighted by molar-refractivity contribution is 0.550. The molecule has 96 valence electrons. The van der Waals surface area contributed by atoms with Gasteiger partial charge in [-0.2, -0.15) is 0 Å². The average Bonchev–Trinajstić information content (AvgIpc) is 3.02. The Kier molecular flexibility index (Phi) is 2.32. The lowest BCUT2D eigenvalue weighted by Gasteiger charge is -2.26. The van der Waals surface area contributed by atoms with Gasteiger partial charge in [-0.25, -0.2) is 4.98 Å². The van der Waals surface area contributed by atoms with E-state index in [2.05, 4.69) is 37.9 Å². The van der Waals surface area contributed by atoms with Gasteiger partial charge in [-0.1, -0.05) is 23.5 Å². The van der Waals surface area contributed by atoms with Crippen LogP contribution in [0.1, 0.15) is 11.6 Å². The van der Waals surface area contributed by atoms with E-state index in [0.29, 0.717) is 0 Å². The summed E-state index contributed by atoms with van der Waals surface area (Å²) in [6.45, 7) is 4.69. The van der Waals surface area contributed by atoms with E-state index in [1.165, 1.54) is 4.70 Å². The molecule has 3 heterocycles. The van der Waals surface area contributed by atoms with Crippen molar-refractivity contribution in [1.29, 1.82) is 0 Å². The Hall–Kier alpha value is -1.95. The molecule has 4 rings (SSSR count). The fourth-order valence-electron chi connectivity index (χ4n) is 2.46. The van der Waals surface area contributed by atoms with Gasteiger partial charge < -0.3 is 9.47 Å². The highest BCUT2D eigenvalue weighted by Gasteiger charge is 2.21. The number of benzene rings is 1. The van der Waals surface area contributed by atoms with Gasteiger partial charge in [0.1, 0.15) is 5.82 Å². The number of thiazole rings is 1. The van der Waals surface area contributed by atoms with E-state index < -0.39 is 0 Å². The van der Waals surface area contributed by atoms with Crippen molar-refractivity contribution in [2.24, 2.45) is 0 Å². The lowest BCUT2D eigenvalue weighted by atomic mass is 10.3. The Morgan fingerprint density at radius 2 is 2.05 bits per heavy atom. The van der Waals surface area contributed by atoms with Crippen LogP contribution in [0.25, 0.3) is 10.2 Å². The topological polar surface area (TPSA) is 46.8 Å². The maximum Gasteiger partial charge on any atom is 0.186 e. The second-order valence-electron chi connectivity index (χ2n) is 4.70. The number of para-hydroxylation sites is 1. The van der Waals surface area contributed by atoms with Gasteiger partial charge in [-0.3, -0.25) is 0 Å². The first-order valence-corrected chi connectivity index (χ1v) is 7.12. The van der Waals surface area contributed by atoms with Gasteiger partial charge in [0, 0.05) is 13.1 Å². The van der Waals surface area contributed by atoms with E-state index >= 15 is 0 Å². The summed E-state index contributed by atoms with van der Waals surface area (Å²) in [4.78, 5) is 6.99. The predicted molar refractivity (Wildman–Crippen MR) is 75.4 cm³/mol. The molecule has 0 unspecified atom stereocenters. The third-order valence-electron chi connectivity index (χ3n) is 3.49. The second kappa shape index (κ2) is 4.03. The zero-order chi connectivity index (χ0) is 12.8. The molecule has 0 spiro atoms. The molecule has 19 heavy (non-hydrogen) atoms. The van der Waals surface area contributed by atoms with Crippen molar-refractivity contribution in [1.82, 2.24) is 19.7 Å². The molecular weight excluding hydrogens is 258 g/mol. The Bertz CT molecular complexity index is 711. The monoisotopic (exact) mass is 271 g/mol. The lowest BCUT2D eigenvalue weighted by Crippen LogP contribution is -2.34. The third kappa shape index (κ3) is 1.71. The first kappa shape index (κ1) is 10.9. The molecule has 3 aromatic rings. The highest BCUT2D eigenvalue weighted by molar-refractivity contribution is 7.22. The standard InChI is InChI=1S/C13H13N5S/c1-9-15-16-12-8-17(6-7-18(9)12)13-14-10-4-2-3-5-11(10)19-13/h2-5H,6-8H2,1H3. The molecule has 1 aromatic carbocycles. The van der Waals surface area contributed by atoms with Crippen molar-refractivity contribution in [2.45, 2.75) is 20.0 Å². The molecule has 0 saturated carbocycles. The van der Waals surface area contributed by atoms with Gasteiger partial charge in [0.15, 0.2) is 11.0 Å². The van der Waals surface area contributed by atoms with Crippen LogP contribution >= 0.6 is 11.3 Å². The van der Waals surface area contributed by atoms with Crippen LogP contribution in [0.5, 0.6) is 0 Å². The second-order valence-corrected chi connectivity index (χ2v) is 5.71. The Balaban J connectivity index is 1.70. The van der Waals surface area contributed by atoms with Crippen LogP contribution in [0.2, 0.25) is 0 Å². The van der Waals surface area contributed by atoms with Gasteiger partial charge in [-0.15, -0.1) is 10.2 Å². The Labute approximate surface area is 114 Å². The number of anilines is 1. The van der Waals surface area contributed by atoms with Crippen LogP contribution in [0.15, 0.2) is 24.3 Å². The first-order valence-electron chi connectivity index (χ1n) is 6.30. The first-order chi connectivity index (χ1) is 9.31. The largest absolute Gasteiger partial charge is 0.339 e. The van der Waals surface area contributed by atoms with Gasteiger partial charge in [0.2, 0.25) is 0 Å². The fourth-order valence-corrected chi connectivity index (χ4v) is 3.45. The summed E-state index contributed by atoms with van der Waals surface area (Å²) in [5, 5.41) is 9.45. The van der Waals surface area contributed by atoms with Crippen LogP contribution in [0, 0.1) is 6.92 Å². The quantitative estimate of drug-likeness (QED) is 0.681.